The number of amides is 1. The Balaban J connectivity index is 1.42. The van der Waals surface area contributed by atoms with E-state index in [0.717, 1.165) is 25.0 Å². The van der Waals surface area contributed by atoms with Gasteiger partial charge in [0.25, 0.3) is 11.5 Å². The normalized spacial score (nSPS) is 20.6. The molecule has 0 aliphatic carbocycles. The molecule has 5 rings (SSSR count). The minimum Gasteiger partial charge on any atom is -0.376 e. The predicted molar refractivity (Wildman–Crippen MR) is 122 cm³/mol. The number of carbonyl (C=O) groups excluding carboxylic acids is 1. The van der Waals surface area contributed by atoms with Gasteiger partial charge in [-0.1, -0.05) is 0 Å². The zero-order valence-electron chi connectivity index (χ0n) is 19.4. The van der Waals surface area contributed by atoms with Gasteiger partial charge in [0.15, 0.2) is 11.3 Å². The van der Waals surface area contributed by atoms with Crippen LogP contribution in [0.4, 0.5) is 23.2 Å². The first-order chi connectivity index (χ1) is 17.0. The molecule has 2 aliphatic rings. The van der Waals surface area contributed by atoms with Crippen molar-refractivity contribution in [1.29, 1.82) is 0 Å². The third kappa shape index (κ3) is 4.52. The number of pyridine rings is 1. The summed E-state index contributed by atoms with van der Waals surface area (Å²) in [5.41, 5.74) is -2.47. The number of aryl methyl sites for hydroxylation is 1. The lowest BCUT2D eigenvalue weighted by Gasteiger charge is -2.32. The van der Waals surface area contributed by atoms with Crippen LogP contribution in [0.15, 0.2) is 29.1 Å². The van der Waals surface area contributed by atoms with Crippen LogP contribution in [0.25, 0.3) is 11.0 Å². The average Bonchev–Trinajstić information content (AvgIpc) is 3.15. The maximum Gasteiger partial charge on any atom is 0.433 e. The van der Waals surface area contributed by atoms with Gasteiger partial charge in [0.2, 0.25) is 0 Å². The van der Waals surface area contributed by atoms with Gasteiger partial charge < -0.3 is 19.9 Å². The SMILES string of the molecule is Cc1nc2nc(C(F)(F)F)c([C@H](C)Nc3ccc(C(=O)N4C[C@H]5CC[C@@H](C4)O5)cc3F)cc2c(=O)[nH]1. The zero-order chi connectivity index (χ0) is 25.8. The molecule has 12 heteroatoms. The molecule has 0 unspecified atom stereocenters. The second-order valence-corrected chi connectivity index (χ2v) is 9.17. The Morgan fingerprint density at radius 2 is 1.89 bits per heavy atom. The molecule has 2 aromatic heterocycles. The number of ether oxygens (including phenoxy) is 1. The lowest BCUT2D eigenvalue weighted by molar-refractivity contribution is -0.141. The van der Waals surface area contributed by atoms with E-state index < -0.39 is 29.3 Å². The number of nitrogens with one attached hydrogen (secondary N) is 2. The van der Waals surface area contributed by atoms with E-state index in [9.17, 15) is 27.2 Å². The number of benzene rings is 1. The second kappa shape index (κ2) is 8.84. The van der Waals surface area contributed by atoms with Crippen molar-refractivity contribution in [3.8, 4) is 0 Å². The molecule has 1 aromatic carbocycles. The van der Waals surface area contributed by atoms with E-state index in [4.69, 9.17) is 4.74 Å². The Labute approximate surface area is 202 Å². The largest absolute Gasteiger partial charge is 0.433 e. The van der Waals surface area contributed by atoms with Gasteiger partial charge in [-0.15, -0.1) is 0 Å². The Kier molecular flexibility index (Phi) is 5.93. The summed E-state index contributed by atoms with van der Waals surface area (Å²) in [7, 11) is 0. The van der Waals surface area contributed by atoms with Crippen LogP contribution in [0, 0.1) is 12.7 Å². The van der Waals surface area contributed by atoms with Crippen LogP contribution in [0.3, 0.4) is 0 Å². The molecule has 2 bridgehead atoms. The van der Waals surface area contributed by atoms with E-state index in [1.54, 1.807) is 4.90 Å². The number of aromatic nitrogens is 3. The molecule has 2 fully saturated rings. The molecule has 3 aromatic rings. The first-order valence-electron chi connectivity index (χ1n) is 11.5. The number of H-pyrrole nitrogens is 1. The number of anilines is 1. The van der Waals surface area contributed by atoms with E-state index in [2.05, 4.69) is 20.3 Å². The van der Waals surface area contributed by atoms with Crippen molar-refractivity contribution in [3.05, 3.63) is 63.1 Å². The maximum atomic E-state index is 15.0. The summed E-state index contributed by atoms with van der Waals surface area (Å²) in [4.78, 5) is 36.7. The Morgan fingerprint density at radius 1 is 1.19 bits per heavy atom. The number of halogens is 4. The zero-order valence-corrected chi connectivity index (χ0v) is 19.4. The molecule has 2 aliphatic heterocycles. The summed E-state index contributed by atoms with van der Waals surface area (Å²) < 4.78 is 62.1. The third-order valence-corrected chi connectivity index (χ3v) is 6.50. The van der Waals surface area contributed by atoms with Crippen LogP contribution < -0.4 is 10.9 Å². The number of fused-ring (bicyclic) bond motifs is 3. The lowest BCUT2D eigenvalue weighted by atomic mass is 10.0. The van der Waals surface area contributed by atoms with E-state index in [-0.39, 0.29) is 51.8 Å². The fourth-order valence-electron chi connectivity index (χ4n) is 4.79. The molecule has 8 nitrogen and oxygen atoms in total. The highest BCUT2D eigenvalue weighted by Gasteiger charge is 2.38. The molecule has 1 amide bonds. The highest BCUT2D eigenvalue weighted by Crippen LogP contribution is 2.36. The molecular weight excluding hydrogens is 482 g/mol. The van der Waals surface area contributed by atoms with E-state index >= 15 is 0 Å². The van der Waals surface area contributed by atoms with E-state index in [0.29, 0.717) is 13.1 Å². The molecule has 190 valence electrons. The van der Waals surface area contributed by atoms with Crippen LogP contribution in [0.2, 0.25) is 0 Å². The van der Waals surface area contributed by atoms with Crippen LogP contribution in [-0.4, -0.2) is 51.1 Å². The average molecular weight is 505 g/mol. The predicted octanol–water partition coefficient (Wildman–Crippen LogP) is 3.96. The fraction of sp³-hybridized carbons (Fsp3) is 0.417. The molecule has 0 saturated carbocycles. The molecule has 36 heavy (non-hydrogen) atoms. The van der Waals surface area contributed by atoms with Gasteiger partial charge in [-0.25, -0.2) is 14.4 Å². The van der Waals surface area contributed by atoms with Gasteiger partial charge in [-0.2, -0.15) is 13.2 Å². The quantitative estimate of drug-likeness (QED) is 0.521. The minimum absolute atomic E-state index is 0.0101. The molecule has 2 N–H and O–H groups in total. The lowest BCUT2D eigenvalue weighted by Crippen LogP contribution is -2.45. The molecule has 3 atom stereocenters. The molecular formula is C24H23F4N5O3. The van der Waals surface area contributed by atoms with Gasteiger partial charge in [0.1, 0.15) is 11.6 Å². The van der Waals surface area contributed by atoms with Crippen molar-refractivity contribution in [2.24, 2.45) is 0 Å². The standard InChI is InChI=1S/C24H23F4N5O3/c1-11(16-8-17-21(30-12(2)31-22(17)34)32-20(16)24(26,27)28)29-19-6-3-13(7-18(19)25)23(35)33-9-14-4-5-15(10-33)36-14/h3,6-8,11,14-15,29H,4-5,9-10H2,1-2H3,(H,30,31,32,34)/t11-,14-,15+/m0/s1. The van der Waals surface area contributed by atoms with Gasteiger partial charge in [-0.3, -0.25) is 9.59 Å². The van der Waals surface area contributed by atoms with Crippen LogP contribution in [0.5, 0.6) is 0 Å². The van der Waals surface area contributed by atoms with Gasteiger partial charge in [-0.05, 0) is 51.0 Å². The first-order valence-corrected chi connectivity index (χ1v) is 11.5. The van der Waals surface area contributed by atoms with Crippen LogP contribution in [0.1, 0.15) is 53.2 Å². The number of alkyl halides is 3. The highest BCUT2D eigenvalue weighted by molar-refractivity contribution is 5.94. The number of rotatable bonds is 4. The Bertz CT molecular complexity index is 1390. The smallest absolute Gasteiger partial charge is 0.376 e. The van der Waals surface area contributed by atoms with E-state index in [1.165, 1.54) is 26.0 Å². The number of carbonyl (C=O) groups is 1. The molecule has 0 radical (unpaired) electrons. The number of morpholine rings is 1. The van der Waals surface area contributed by atoms with Crippen LogP contribution >= 0.6 is 0 Å². The van der Waals surface area contributed by atoms with Crippen molar-refractivity contribution in [3.63, 3.8) is 0 Å². The number of hydrogen-bond donors (Lipinski definition) is 2. The van der Waals surface area contributed by atoms with Crippen molar-refractivity contribution in [1.82, 2.24) is 19.9 Å². The summed E-state index contributed by atoms with van der Waals surface area (Å²) in [5, 5.41) is 2.60. The summed E-state index contributed by atoms with van der Waals surface area (Å²) in [6.07, 6.45) is -3.08. The highest BCUT2D eigenvalue weighted by atomic mass is 19.4. The number of nitrogens with zero attached hydrogens (tertiary/aromatic N) is 3. The van der Waals surface area contributed by atoms with E-state index in [1.807, 2.05) is 0 Å². The fourth-order valence-corrected chi connectivity index (χ4v) is 4.79. The monoisotopic (exact) mass is 505 g/mol. The first kappa shape index (κ1) is 24.2. The molecule has 0 spiro atoms. The van der Waals surface area contributed by atoms with Crippen LogP contribution in [-0.2, 0) is 10.9 Å². The van der Waals surface area contributed by atoms with Crippen molar-refractivity contribution >= 4 is 22.6 Å². The molecule has 4 heterocycles. The summed E-state index contributed by atoms with van der Waals surface area (Å²) in [6.45, 7) is 3.72. The number of hydrogen-bond acceptors (Lipinski definition) is 6. The summed E-state index contributed by atoms with van der Waals surface area (Å²) in [5.74, 6) is -0.983. The number of aromatic amines is 1. The minimum atomic E-state index is -4.83. The van der Waals surface area contributed by atoms with Gasteiger partial charge in [0, 0.05) is 24.2 Å². The maximum absolute atomic E-state index is 15.0. The number of likely N-dealkylation sites (tertiary alicyclic amines) is 1. The summed E-state index contributed by atoms with van der Waals surface area (Å²) in [6, 6.07) is 3.79. The Hall–Kier alpha value is -3.54. The summed E-state index contributed by atoms with van der Waals surface area (Å²) >= 11 is 0. The third-order valence-electron chi connectivity index (χ3n) is 6.50. The van der Waals surface area contributed by atoms with Crippen molar-refractivity contribution in [2.45, 2.75) is 51.1 Å². The van der Waals surface area contributed by atoms with Crippen molar-refractivity contribution < 1.29 is 27.1 Å². The molecule has 2 saturated heterocycles. The van der Waals surface area contributed by atoms with Gasteiger partial charge >= 0.3 is 6.18 Å². The van der Waals surface area contributed by atoms with Crippen molar-refractivity contribution in [2.75, 3.05) is 18.4 Å². The van der Waals surface area contributed by atoms with Gasteiger partial charge in [0.05, 0.1) is 29.3 Å². The topological polar surface area (TPSA) is 100 Å². The Morgan fingerprint density at radius 3 is 2.53 bits per heavy atom. The second-order valence-electron chi connectivity index (χ2n) is 9.17.